The molecule has 3 aromatic rings. The van der Waals surface area contributed by atoms with Crippen LogP contribution in [0.4, 0.5) is 4.79 Å². The zero-order chi connectivity index (χ0) is 27.2. The second-order valence-electron chi connectivity index (χ2n) is 10.3. The maximum Gasteiger partial charge on any atom is 0.407 e. The lowest BCUT2D eigenvalue weighted by Gasteiger charge is -2.55. The van der Waals surface area contributed by atoms with E-state index in [2.05, 4.69) is 15.9 Å². The summed E-state index contributed by atoms with van der Waals surface area (Å²) in [4.78, 5) is 28.7. The van der Waals surface area contributed by atoms with E-state index in [9.17, 15) is 28.2 Å². The normalized spacial score (nSPS) is 19.3. The first-order valence-electron chi connectivity index (χ1n) is 11.8. The monoisotopic (exact) mass is 591 g/mol. The fraction of sp³-hybridized carbons (Fsp3) is 0.385. The summed E-state index contributed by atoms with van der Waals surface area (Å²) in [6.45, 7) is 6.35. The maximum absolute atomic E-state index is 13.4. The van der Waals surface area contributed by atoms with Gasteiger partial charge in [0.1, 0.15) is 0 Å². The van der Waals surface area contributed by atoms with Crippen molar-refractivity contribution in [2.75, 3.05) is 26.2 Å². The third-order valence-corrected chi connectivity index (χ3v) is 9.41. The fourth-order valence-corrected chi connectivity index (χ4v) is 6.70. The molecule has 2 aromatic carbocycles. The van der Waals surface area contributed by atoms with Gasteiger partial charge in [-0.3, -0.25) is 14.6 Å². The van der Waals surface area contributed by atoms with E-state index in [-0.39, 0.29) is 36.5 Å². The van der Waals surface area contributed by atoms with Gasteiger partial charge in [0.15, 0.2) is 0 Å². The quantitative estimate of drug-likeness (QED) is 0.465. The Morgan fingerprint density at radius 1 is 1.08 bits per heavy atom. The molecule has 1 fully saturated rings. The summed E-state index contributed by atoms with van der Waals surface area (Å²) < 4.78 is 28.4. The number of amides is 1. The molecule has 11 heteroatoms. The average molecular weight is 593 g/mol. The minimum absolute atomic E-state index is 0.00149. The summed E-state index contributed by atoms with van der Waals surface area (Å²) in [7, 11) is -4.16. The van der Waals surface area contributed by atoms with E-state index >= 15 is 0 Å². The molecular weight excluding hydrogens is 562 g/mol. The van der Waals surface area contributed by atoms with Crippen LogP contribution >= 0.6 is 15.9 Å². The van der Waals surface area contributed by atoms with Crippen LogP contribution in [0.3, 0.4) is 0 Å². The molecule has 1 aliphatic heterocycles. The molecule has 0 saturated carbocycles. The van der Waals surface area contributed by atoms with Crippen molar-refractivity contribution in [3.05, 3.63) is 75.1 Å². The minimum Gasteiger partial charge on any atom is -0.465 e. The van der Waals surface area contributed by atoms with Crippen LogP contribution in [0.1, 0.15) is 26.3 Å². The molecule has 1 saturated heterocycles. The Balaban J connectivity index is 1.84. The molecule has 2 N–H and O–H groups in total. The summed E-state index contributed by atoms with van der Waals surface area (Å²) in [6.07, 6.45) is 0.265. The van der Waals surface area contributed by atoms with Gasteiger partial charge in [0, 0.05) is 42.2 Å². The van der Waals surface area contributed by atoms with Gasteiger partial charge in [-0.05, 0) is 46.7 Å². The van der Waals surface area contributed by atoms with Crippen LogP contribution < -0.4 is 5.56 Å². The number of hydrogen-bond acceptors (Lipinski definition) is 6. The summed E-state index contributed by atoms with van der Waals surface area (Å²) in [5.41, 5.74) is -1.71. The molecule has 198 valence electrons. The zero-order valence-electron chi connectivity index (χ0n) is 20.9. The van der Waals surface area contributed by atoms with Gasteiger partial charge in [-0.25, -0.2) is 17.2 Å². The number of carbonyl (C=O) groups is 1. The third kappa shape index (κ3) is 4.81. The number of piperazine rings is 1. The van der Waals surface area contributed by atoms with E-state index in [0.717, 1.165) is 8.45 Å². The van der Waals surface area contributed by atoms with Crippen LogP contribution in [-0.4, -0.2) is 70.3 Å². The van der Waals surface area contributed by atoms with Crippen molar-refractivity contribution in [2.45, 2.75) is 37.8 Å². The molecule has 2 heterocycles. The Morgan fingerprint density at radius 2 is 1.76 bits per heavy atom. The Morgan fingerprint density at radius 3 is 2.35 bits per heavy atom. The van der Waals surface area contributed by atoms with Gasteiger partial charge in [0.05, 0.1) is 17.0 Å². The van der Waals surface area contributed by atoms with Crippen molar-refractivity contribution in [3.63, 3.8) is 0 Å². The highest BCUT2D eigenvalue weighted by Gasteiger charge is 2.51. The molecule has 0 unspecified atom stereocenters. The Bertz CT molecular complexity index is 1500. The summed E-state index contributed by atoms with van der Waals surface area (Å²) >= 11 is 3.44. The smallest absolute Gasteiger partial charge is 0.407 e. The van der Waals surface area contributed by atoms with Gasteiger partial charge < -0.3 is 10.2 Å². The van der Waals surface area contributed by atoms with Crippen LogP contribution in [-0.2, 0) is 16.6 Å². The maximum atomic E-state index is 13.4. The van der Waals surface area contributed by atoms with E-state index in [0.29, 0.717) is 17.5 Å². The highest BCUT2D eigenvalue weighted by Crippen LogP contribution is 2.39. The molecule has 37 heavy (non-hydrogen) atoms. The van der Waals surface area contributed by atoms with Crippen molar-refractivity contribution in [1.82, 2.24) is 13.8 Å². The van der Waals surface area contributed by atoms with E-state index in [1.165, 1.54) is 23.2 Å². The second kappa shape index (κ2) is 9.86. The van der Waals surface area contributed by atoms with Gasteiger partial charge in [0.25, 0.3) is 15.6 Å². The van der Waals surface area contributed by atoms with Gasteiger partial charge in [0.2, 0.25) is 0 Å². The molecule has 0 radical (unpaired) electrons. The van der Waals surface area contributed by atoms with Crippen molar-refractivity contribution in [2.24, 2.45) is 5.41 Å². The Labute approximate surface area is 224 Å². The lowest BCUT2D eigenvalue weighted by atomic mass is 9.71. The van der Waals surface area contributed by atoms with Crippen LogP contribution in [0.5, 0.6) is 0 Å². The summed E-state index contributed by atoms with van der Waals surface area (Å²) in [6, 6.07) is 12.8. The minimum atomic E-state index is -4.16. The molecule has 0 aliphatic carbocycles. The third-order valence-electron chi connectivity index (χ3n) is 7.26. The highest BCUT2D eigenvalue weighted by atomic mass is 79.9. The Kier molecular flexibility index (Phi) is 7.28. The number of aromatic nitrogens is 1. The van der Waals surface area contributed by atoms with Gasteiger partial charge in [-0.1, -0.05) is 54.9 Å². The van der Waals surface area contributed by atoms with E-state index in [1.54, 1.807) is 36.4 Å². The van der Waals surface area contributed by atoms with E-state index in [1.807, 2.05) is 25.7 Å². The molecule has 0 spiro atoms. The summed E-state index contributed by atoms with van der Waals surface area (Å²) in [5, 5.41) is 21.2. The van der Waals surface area contributed by atoms with Crippen molar-refractivity contribution in [1.29, 1.82) is 0 Å². The number of fused-ring (bicyclic) bond motifs is 1. The molecule has 1 aromatic heterocycles. The molecule has 1 atom stereocenters. The molecule has 9 nitrogen and oxygen atoms in total. The second-order valence-corrected chi connectivity index (χ2v) is 13.1. The molecule has 4 rings (SSSR count). The molecule has 1 amide bonds. The first-order valence-corrected chi connectivity index (χ1v) is 14.0. The standard InChI is InChI=1S/C26H30BrN3O6S/c1-25(2,3)26(17-31)16-28(11-12-29(26)24(33)34)14-18-15-30(37(35,36)20-7-5-4-6-8-20)23(32)21-10-9-19(27)13-22(18)21/h4-10,13,15,31H,11-12,14,16-17H2,1-3H3,(H,33,34)/t26-/m1/s1. The predicted molar refractivity (Wildman–Crippen MR) is 144 cm³/mol. The topological polar surface area (TPSA) is 120 Å². The van der Waals surface area contributed by atoms with Gasteiger partial charge in [-0.15, -0.1) is 0 Å². The largest absolute Gasteiger partial charge is 0.465 e. The summed E-state index contributed by atoms with van der Waals surface area (Å²) in [5.74, 6) is 0. The van der Waals surface area contributed by atoms with Crippen molar-refractivity contribution < 1.29 is 23.4 Å². The fourth-order valence-electron chi connectivity index (χ4n) is 5.03. The van der Waals surface area contributed by atoms with E-state index < -0.39 is 32.6 Å². The van der Waals surface area contributed by atoms with Crippen LogP contribution in [0.2, 0.25) is 0 Å². The van der Waals surface area contributed by atoms with Gasteiger partial charge >= 0.3 is 6.09 Å². The number of carboxylic acid groups (broad SMARTS) is 1. The number of halogens is 1. The predicted octanol–water partition coefficient (Wildman–Crippen LogP) is 3.57. The first kappa shape index (κ1) is 27.3. The zero-order valence-corrected chi connectivity index (χ0v) is 23.3. The number of nitrogens with zero attached hydrogens (tertiary/aromatic N) is 3. The van der Waals surface area contributed by atoms with Crippen LogP contribution in [0.15, 0.2) is 68.9 Å². The van der Waals surface area contributed by atoms with Gasteiger partial charge in [-0.2, -0.15) is 0 Å². The average Bonchev–Trinajstić information content (AvgIpc) is 2.85. The number of aliphatic hydroxyl groups is 1. The number of pyridine rings is 1. The number of aliphatic hydroxyl groups excluding tert-OH is 1. The number of rotatable bonds is 5. The molecule has 1 aliphatic rings. The number of benzene rings is 2. The van der Waals surface area contributed by atoms with Crippen molar-refractivity contribution >= 4 is 42.8 Å². The lowest BCUT2D eigenvalue weighted by Crippen LogP contribution is -2.70. The lowest BCUT2D eigenvalue weighted by molar-refractivity contribution is -0.0854. The SMILES string of the molecule is CC(C)(C)[C@]1(CO)CN(Cc2cn(S(=O)(=O)c3ccccc3)c(=O)c3ccc(Br)cc23)CCN1C(=O)O. The highest BCUT2D eigenvalue weighted by molar-refractivity contribution is 9.10. The van der Waals surface area contributed by atoms with E-state index in [4.69, 9.17) is 0 Å². The molecular formula is C26H30BrN3O6S. The Hall–Kier alpha value is -2.73. The first-order chi connectivity index (χ1) is 17.3. The van der Waals surface area contributed by atoms with Crippen LogP contribution in [0, 0.1) is 5.41 Å². The molecule has 0 bridgehead atoms. The van der Waals surface area contributed by atoms with Crippen LogP contribution in [0.25, 0.3) is 10.8 Å². The van der Waals surface area contributed by atoms with Crippen molar-refractivity contribution in [3.8, 4) is 0 Å². The number of hydrogen-bond donors (Lipinski definition) is 2.